The zero-order valence-electron chi connectivity index (χ0n) is 17.0. The van der Waals surface area contributed by atoms with Crippen LogP contribution >= 0.6 is 23.2 Å². The number of benzene rings is 1. The van der Waals surface area contributed by atoms with Gasteiger partial charge >= 0.3 is 6.03 Å². The van der Waals surface area contributed by atoms with Crippen molar-refractivity contribution < 1.29 is 14.3 Å². The topological polar surface area (TPSA) is 54.0 Å². The maximum absolute atomic E-state index is 12.9. The molecule has 0 atom stereocenters. The Morgan fingerprint density at radius 1 is 1.21 bits per heavy atom. The van der Waals surface area contributed by atoms with Crippen LogP contribution in [0.3, 0.4) is 0 Å². The second kappa shape index (κ2) is 11.2. The number of rotatable bonds is 9. The van der Waals surface area contributed by atoms with Gasteiger partial charge in [0.2, 0.25) is 0 Å². The van der Waals surface area contributed by atoms with E-state index in [2.05, 4.69) is 10.2 Å². The fourth-order valence-corrected chi connectivity index (χ4v) is 4.03. The Hall–Kier alpha value is -1.05. The lowest BCUT2D eigenvalue weighted by atomic mass is 9.74. The van der Waals surface area contributed by atoms with Crippen LogP contribution in [0.5, 0.6) is 0 Å². The third-order valence-electron chi connectivity index (χ3n) is 5.20. The van der Waals surface area contributed by atoms with E-state index in [1.165, 1.54) is 0 Å². The van der Waals surface area contributed by atoms with E-state index in [1.54, 1.807) is 18.1 Å². The molecule has 1 aromatic carbocycles. The summed E-state index contributed by atoms with van der Waals surface area (Å²) in [6, 6.07) is 5.50. The molecule has 1 aromatic rings. The van der Waals surface area contributed by atoms with Gasteiger partial charge < -0.3 is 24.6 Å². The van der Waals surface area contributed by atoms with E-state index in [0.717, 1.165) is 24.9 Å². The van der Waals surface area contributed by atoms with Gasteiger partial charge in [0.05, 0.1) is 6.61 Å². The molecule has 0 aliphatic carbocycles. The first-order chi connectivity index (χ1) is 13.4. The number of urea groups is 1. The highest BCUT2D eigenvalue weighted by molar-refractivity contribution is 6.35. The number of carbonyl (C=O) groups excluding carboxylic acids is 1. The zero-order valence-corrected chi connectivity index (χ0v) is 18.5. The molecule has 28 heavy (non-hydrogen) atoms. The molecule has 2 rings (SSSR count). The molecule has 0 saturated carbocycles. The summed E-state index contributed by atoms with van der Waals surface area (Å²) in [6.07, 6.45) is 1.59. The number of halogens is 2. The Balaban J connectivity index is 2.12. The first-order valence-corrected chi connectivity index (χ1v) is 10.3. The average molecular weight is 432 g/mol. The van der Waals surface area contributed by atoms with Crippen LogP contribution in [0.15, 0.2) is 18.2 Å². The number of nitrogens with zero attached hydrogens (tertiary/aromatic N) is 2. The molecule has 0 bridgehead atoms. The van der Waals surface area contributed by atoms with Gasteiger partial charge in [0.1, 0.15) is 0 Å². The predicted octanol–water partition coefficient (Wildman–Crippen LogP) is 3.26. The van der Waals surface area contributed by atoms with Crippen LogP contribution in [0.25, 0.3) is 0 Å². The van der Waals surface area contributed by atoms with Crippen LogP contribution in [0, 0.1) is 0 Å². The molecule has 1 aliphatic rings. The Labute approximate surface area is 178 Å². The normalized spacial score (nSPS) is 16.2. The quantitative estimate of drug-likeness (QED) is 0.651. The summed E-state index contributed by atoms with van der Waals surface area (Å²) in [5, 5.41) is 4.37. The van der Waals surface area contributed by atoms with Gasteiger partial charge in [-0.15, -0.1) is 0 Å². The van der Waals surface area contributed by atoms with Gasteiger partial charge in [-0.05, 0) is 44.6 Å². The lowest BCUT2D eigenvalue weighted by molar-refractivity contribution is 0.0499. The summed E-state index contributed by atoms with van der Waals surface area (Å²) >= 11 is 12.6. The summed E-state index contributed by atoms with van der Waals surface area (Å²) in [6.45, 7) is 4.27. The largest absolute Gasteiger partial charge is 0.383 e. The number of likely N-dealkylation sites (N-methyl/N-ethyl adjacent to an activating group) is 1. The monoisotopic (exact) mass is 431 g/mol. The Kier molecular flexibility index (Phi) is 9.31. The van der Waals surface area contributed by atoms with Crippen LogP contribution in [0.2, 0.25) is 10.0 Å². The van der Waals surface area contributed by atoms with Gasteiger partial charge in [-0.2, -0.15) is 0 Å². The SMILES string of the molecule is COCCN(CCN(C)C)C(=O)NCC1(c2ccc(Cl)cc2Cl)CCOCC1. The van der Waals surface area contributed by atoms with E-state index < -0.39 is 0 Å². The number of carbonyl (C=O) groups is 1. The van der Waals surface area contributed by atoms with Crippen molar-refractivity contribution in [2.24, 2.45) is 0 Å². The van der Waals surface area contributed by atoms with E-state index >= 15 is 0 Å². The first-order valence-electron chi connectivity index (χ1n) is 9.58. The van der Waals surface area contributed by atoms with Crippen molar-refractivity contribution in [3.8, 4) is 0 Å². The second-order valence-electron chi connectivity index (χ2n) is 7.46. The van der Waals surface area contributed by atoms with Crippen LogP contribution in [-0.4, -0.2) is 83.0 Å². The van der Waals surface area contributed by atoms with Gasteiger partial charge in [-0.25, -0.2) is 4.79 Å². The minimum Gasteiger partial charge on any atom is -0.383 e. The van der Waals surface area contributed by atoms with E-state index in [0.29, 0.717) is 49.5 Å². The van der Waals surface area contributed by atoms with E-state index in [1.807, 2.05) is 26.2 Å². The van der Waals surface area contributed by atoms with Crippen molar-refractivity contribution in [2.75, 3.05) is 67.2 Å². The van der Waals surface area contributed by atoms with E-state index in [9.17, 15) is 4.79 Å². The second-order valence-corrected chi connectivity index (χ2v) is 8.30. The third kappa shape index (κ3) is 6.49. The fraction of sp³-hybridized carbons (Fsp3) is 0.650. The lowest BCUT2D eigenvalue weighted by Crippen LogP contribution is -2.50. The predicted molar refractivity (Wildman–Crippen MR) is 114 cm³/mol. The van der Waals surface area contributed by atoms with Gasteiger partial charge in [0.25, 0.3) is 0 Å². The fourth-order valence-electron chi connectivity index (χ4n) is 3.42. The number of hydrogen-bond acceptors (Lipinski definition) is 4. The molecule has 1 N–H and O–H groups in total. The number of hydrogen-bond donors (Lipinski definition) is 1. The molecule has 1 aliphatic heterocycles. The minimum absolute atomic E-state index is 0.0881. The summed E-state index contributed by atoms with van der Waals surface area (Å²) in [7, 11) is 5.62. The maximum atomic E-state index is 12.9. The van der Waals surface area contributed by atoms with Crippen molar-refractivity contribution >= 4 is 29.2 Å². The van der Waals surface area contributed by atoms with Crippen molar-refractivity contribution in [3.63, 3.8) is 0 Å². The van der Waals surface area contributed by atoms with Crippen molar-refractivity contribution in [1.29, 1.82) is 0 Å². The van der Waals surface area contributed by atoms with Crippen LogP contribution in [0.1, 0.15) is 18.4 Å². The standard InChI is InChI=1S/C20H31Cl2N3O3/c1-24(2)8-9-25(10-13-27-3)19(26)23-15-20(6-11-28-12-7-20)17-5-4-16(21)14-18(17)22/h4-5,14H,6-13,15H2,1-3H3,(H,23,26). The summed E-state index contributed by atoms with van der Waals surface area (Å²) in [5.41, 5.74) is 0.753. The molecule has 6 nitrogen and oxygen atoms in total. The Morgan fingerprint density at radius 2 is 1.93 bits per heavy atom. The molecule has 0 aromatic heterocycles. The van der Waals surface area contributed by atoms with E-state index in [4.69, 9.17) is 32.7 Å². The summed E-state index contributed by atoms with van der Waals surface area (Å²) < 4.78 is 10.7. The number of ether oxygens (including phenoxy) is 2. The van der Waals surface area contributed by atoms with E-state index in [-0.39, 0.29) is 11.4 Å². The van der Waals surface area contributed by atoms with Gasteiger partial charge in [0, 0.05) is 62.0 Å². The highest BCUT2D eigenvalue weighted by Crippen LogP contribution is 2.39. The number of amides is 2. The third-order valence-corrected chi connectivity index (χ3v) is 5.75. The number of methoxy groups -OCH3 is 1. The minimum atomic E-state index is -0.260. The maximum Gasteiger partial charge on any atom is 0.317 e. The molecular weight excluding hydrogens is 401 g/mol. The lowest BCUT2D eigenvalue weighted by Gasteiger charge is -2.39. The van der Waals surface area contributed by atoms with Crippen molar-refractivity contribution in [1.82, 2.24) is 15.1 Å². The molecule has 1 fully saturated rings. The molecule has 1 heterocycles. The van der Waals surface area contributed by atoms with Crippen molar-refractivity contribution in [2.45, 2.75) is 18.3 Å². The molecule has 0 unspecified atom stereocenters. The van der Waals surface area contributed by atoms with Crippen LogP contribution in [-0.2, 0) is 14.9 Å². The van der Waals surface area contributed by atoms with Crippen LogP contribution < -0.4 is 5.32 Å². The molecule has 158 valence electrons. The zero-order chi connectivity index (χ0) is 20.6. The highest BCUT2D eigenvalue weighted by atomic mass is 35.5. The van der Waals surface area contributed by atoms with Gasteiger partial charge in [0.15, 0.2) is 0 Å². The smallest absolute Gasteiger partial charge is 0.317 e. The molecule has 1 saturated heterocycles. The molecule has 8 heteroatoms. The average Bonchev–Trinajstić information content (AvgIpc) is 2.66. The first kappa shape index (κ1) is 23.2. The van der Waals surface area contributed by atoms with Gasteiger partial charge in [-0.1, -0.05) is 29.3 Å². The van der Waals surface area contributed by atoms with Crippen molar-refractivity contribution in [3.05, 3.63) is 33.8 Å². The molecule has 0 radical (unpaired) electrons. The number of nitrogens with one attached hydrogen (secondary N) is 1. The van der Waals surface area contributed by atoms with Crippen LogP contribution in [0.4, 0.5) is 4.79 Å². The molecule has 0 spiro atoms. The summed E-state index contributed by atoms with van der Waals surface area (Å²) in [5.74, 6) is 0. The highest BCUT2D eigenvalue weighted by Gasteiger charge is 2.37. The Morgan fingerprint density at radius 3 is 2.54 bits per heavy atom. The van der Waals surface area contributed by atoms with Gasteiger partial charge in [-0.3, -0.25) is 0 Å². The molecular formula is C20H31Cl2N3O3. The molecule has 2 amide bonds. The summed E-state index contributed by atoms with van der Waals surface area (Å²) in [4.78, 5) is 16.7. The Bertz CT molecular complexity index is 637.